The highest BCUT2D eigenvalue weighted by Gasteiger charge is 2.04. The standard InChI is InChI=1S/C20H18ClNO3/c1-3-12-25-18-10-6-15(13-19(18)24-2)7-11-20(23)22-14-16-4-8-17(21)9-5-16/h1,4-11,13H,12,14H2,2H3,(H,22,23). The SMILES string of the molecule is C#CCOc1ccc(C=CC(=O)NCc2ccc(Cl)cc2)cc1OC. The molecule has 1 amide bonds. The number of terminal acetylenes is 1. The van der Waals surface area contributed by atoms with Crippen molar-refractivity contribution in [2.24, 2.45) is 0 Å². The van der Waals surface area contributed by atoms with Gasteiger partial charge in [0.1, 0.15) is 6.61 Å². The Morgan fingerprint density at radius 3 is 2.68 bits per heavy atom. The maximum absolute atomic E-state index is 11.9. The summed E-state index contributed by atoms with van der Waals surface area (Å²) >= 11 is 5.83. The molecule has 0 fully saturated rings. The first-order valence-corrected chi connectivity index (χ1v) is 7.95. The van der Waals surface area contributed by atoms with E-state index in [9.17, 15) is 4.79 Å². The van der Waals surface area contributed by atoms with Crippen LogP contribution in [-0.2, 0) is 11.3 Å². The van der Waals surface area contributed by atoms with E-state index in [0.717, 1.165) is 11.1 Å². The monoisotopic (exact) mass is 355 g/mol. The number of carbonyl (C=O) groups excluding carboxylic acids is 1. The normalized spacial score (nSPS) is 10.3. The summed E-state index contributed by atoms with van der Waals surface area (Å²) in [5.74, 6) is 3.32. The third-order valence-electron chi connectivity index (χ3n) is 3.31. The second-order valence-electron chi connectivity index (χ2n) is 5.08. The number of benzene rings is 2. The van der Waals surface area contributed by atoms with E-state index in [-0.39, 0.29) is 12.5 Å². The van der Waals surface area contributed by atoms with Gasteiger partial charge in [-0.2, -0.15) is 0 Å². The first-order valence-electron chi connectivity index (χ1n) is 7.57. The van der Waals surface area contributed by atoms with Crippen molar-refractivity contribution in [3.8, 4) is 23.8 Å². The van der Waals surface area contributed by atoms with E-state index in [0.29, 0.717) is 23.1 Å². The molecule has 0 saturated carbocycles. The molecule has 0 atom stereocenters. The molecular weight excluding hydrogens is 338 g/mol. The van der Waals surface area contributed by atoms with Crippen molar-refractivity contribution in [3.63, 3.8) is 0 Å². The van der Waals surface area contributed by atoms with Crippen molar-refractivity contribution in [3.05, 3.63) is 64.7 Å². The van der Waals surface area contributed by atoms with Crippen LogP contribution in [0.3, 0.4) is 0 Å². The largest absolute Gasteiger partial charge is 0.493 e. The van der Waals surface area contributed by atoms with E-state index in [1.54, 1.807) is 37.5 Å². The topological polar surface area (TPSA) is 47.6 Å². The van der Waals surface area contributed by atoms with Gasteiger partial charge in [0, 0.05) is 17.6 Å². The van der Waals surface area contributed by atoms with Crippen LogP contribution >= 0.6 is 11.6 Å². The van der Waals surface area contributed by atoms with Crippen LogP contribution in [0.2, 0.25) is 5.02 Å². The molecular formula is C20H18ClNO3. The zero-order valence-corrected chi connectivity index (χ0v) is 14.5. The number of ether oxygens (including phenoxy) is 2. The van der Waals surface area contributed by atoms with E-state index in [1.165, 1.54) is 6.08 Å². The predicted octanol–water partition coefficient (Wildman–Crippen LogP) is 3.69. The van der Waals surface area contributed by atoms with Gasteiger partial charge in [0.15, 0.2) is 11.5 Å². The van der Waals surface area contributed by atoms with Crippen LogP contribution in [-0.4, -0.2) is 19.6 Å². The van der Waals surface area contributed by atoms with Crippen LogP contribution in [0.4, 0.5) is 0 Å². The minimum Gasteiger partial charge on any atom is -0.493 e. The summed E-state index contributed by atoms with van der Waals surface area (Å²) < 4.78 is 10.6. The van der Waals surface area contributed by atoms with Gasteiger partial charge >= 0.3 is 0 Å². The molecule has 0 radical (unpaired) electrons. The van der Waals surface area contributed by atoms with Crippen molar-refractivity contribution >= 4 is 23.6 Å². The Balaban J connectivity index is 1.94. The molecule has 5 heteroatoms. The minimum absolute atomic E-state index is 0.165. The Hall–Kier alpha value is -2.90. The summed E-state index contributed by atoms with van der Waals surface area (Å²) in [5.41, 5.74) is 1.79. The van der Waals surface area contributed by atoms with Crippen molar-refractivity contribution < 1.29 is 14.3 Å². The number of rotatable bonds is 7. The maximum Gasteiger partial charge on any atom is 0.244 e. The summed E-state index contributed by atoms with van der Waals surface area (Å²) in [7, 11) is 1.55. The lowest BCUT2D eigenvalue weighted by molar-refractivity contribution is -0.116. The van der Waals surface area contributed by atoms with Gasteiger partial charge in [-0.25, -0.2) is 0 Å². The molecule has 0 unspecified atom stereocenters. The lowest BCUT2D eigenvalue weighted by Gasteiger charge is -2.09. The van der Waals surface area contributed by atoms with E-state index < -0.39 is 0 Å². The molecule has 2 aromatic carbocycles. The summed E-state index contributed by atoms with van der Waals surface area (Å²) in [6.07, 6.45) is 8.34. The fraction of sp³-hybridized carbons (Fsp3) is 0.150. The number of halogens is 1. The van der Waals surface area contributed by atoms with Gasteiger partial charge in [0.05, 0.1) is 7.11 Å². The van der Waals surface area contributed by atoms with E-state index in [2.05, 4.69) is 11.2 Å². The van der Waals surface area contributed by atoms with Crippen LogP contribution in [0.5, 0.6) is 11.5 Å². The Morgan fingerprint density at radius 1 is 1.24 bits per heavy atom. The smallest absolute Gasteiger partial charge is 0.244 e. The molecule has 0 aromatic heterocycles. The van der Waals surface area contributed by atoms with Crippen LogP contribution in [0.15, 0.2) is 48.5 Å². The first-order chi connectivity index (χ1) is 12.1. The van der Waals surface area contributed by atoms with Gasteiger partial charge in [0.25, 0.3) is 0 Å². The first kappa shape index (κ1) is 18.4. The van der Waals surface area contributed by atoms with Gasteiger partial charge < -0.3 is 14.8 Å². The van der Waals surface area contributed by atoms with Crippen LogP contribution in [0.1, 0.15) is 11.1 Å². The van der Waals surface area contributed by atoms with Gasteiger partial charge in [-0.05, 0) is 41.5 Å². The van der Waals surface area contributed by atoms with Crippen molar-refractivity contribution in [1.29, 1.82) is 0 Å². The van der Waals surface area contributed by atoms with Crippen molar-refractivity contribution in [1.82, 2.24) is 5.32 Å². The molecule has 0 saturated heterocycles. The fourth-order valence-corrected chi connectivity index (χ4v) is 2.17. The number of methoxy groups -OCH3 is 1. The molecule has 4 nitrogen and oxygen atoms in total. The second kappa shape index (κ2) is 9.41. The molecule has 25 heavy (non-hydrogen) atoms. The Kier molecular flexibility index (Phi) is 6.94. The molecule has 0 bridgehead atoms. The van der Waals surface area contributed by atoms with Crippen LogP contribution < -0.4 is 14.8 Å². The zero-order valence-electron chi connectivity index (χ0n) is 13.8. The van der Waals surface area contributed by atoms with E-state index in [4.69, 9.17) is 27.5 Å². The average Bonchev–Trinajstić information content (AvgIpc) is 2.64. The van der Waals surface area contributed by atoms with Crippen molar-refractivity contribution in [2.75, 3.05) is 13.7 Å². The Morgan fingerprint density at radius 2 is 2.00 bits per heavy atom. The molecule has 2 rings (SSSR count). The van der Waals surface area contributed by atoms with Gasteiger partial charge in [0.2, 0.25) is 5.91 Å². The number of hydrogen-bond acceptors (Lipinski definition) is 3. The molecule has 0 heterocycles. The Bertz CT molecular complexity index is 792. The third-order valence-corrected chi connectivity index (χ3v) is 3.56. The quantitative estimate of drug-likeness (QED) is 0.608. The number of carbonyl (C=O) groups is 1. The molecule has 0 spiro atoms. The second-order valence-corrected chi connectivity index (χ2v) is 5.52. The Labute approximate surface area is 152 Å². The summed E-state index contributed by atoms with van der Waals surface area (Å²) in [6, 6.07) is 12.6. The number of amides is 1. The van der Waals surface area contributed by atoms with Gasteiger partial charge in [-0.3, -0.25) is 4.79 Å². The molecule has 0 aliphatic carbocycles. The van der Waals surface area contributed by atoms with E-state index >= 15 is 0 Å². The molecule has 2 aromatic rings. The molecule has 1 N–H and O–H groups in total. The predicted molar refractivity (Wildman–Crippen MR) is 99.7 cm³/mol. The third kappa shape index (κ3) is 5.91. The summed E-state index contributed by atoms with van der Waals surface area (Å²) in [5, 5.41) is 3.47. The maximum atomic E-state index is 11.9. The lowest BCUT2D eigenvalue weighted by Crippen LogP contribution is -2.20. The van der Waals surface area contributed by atoms with Crippen molar-refractivity contribution in [2.45, 2.75) is 6.54 Å². The minimum atomic E-state index is -0.193. The summed E-state index contributed by atoms with van der Waals surface area (Å²) in [4.78, 5) is 11.9. The lowest BCUT2D eigenvalue weighted by atomic mass is 10.2. The van der Waals surface area contributed by atoms with E-state index in [1.807, 2.05) is 18.2 Å². The highest BCUT2D eigenvalue weighted by Crippen LogP contribution is 2.28. The highest BCUT2D eigenvalue weighted by molar-refractivity contribution is 6.30. The van der Waals surface area contributed by atoms with Gasteiger partial charge in [-0.15, -0.1) is 6.42 Å². The highest BCUT2D eigenvalue weighted by atomic mass is 35.5. The molecule has 0 aliphatic rings. The molecule has 0 aliphatic heterocycles. The average molecular weight is 356 g/mol. The summed E-state index contributed by atoms with van der Waals surface area (Å²) in [6.45, 7) is 0.598. The molecule has 128 valence electrons. The fourth-order valence-electron chi connectivity index (χ4n) is 2.05. The number of hydrogen-bond donors (Lipinski definition) is 1. The van der Waals surface area contributed by atoms with Crippen LogP contribution in [0, 0.1) is 12.3 Å². The zero-order chi connectivity index (χ0) is 18.1. The van der Waals surface area contributed by atoms with Gasteiger partial charge in [-0.1, -0.05) is 35.7 Å². The van der Waals surface area contributed by atoms with Crippen LogP contribution in [0.25, 0.3) is 6.08 Å². The number of nitrogens with one attached hydrogen (secondary N) is 1.